The number of thiophene rings is 1. The second-order valence-corrected chi connectivity index (χ2v) is 6.29. The third-order valence-corrected chi connectivity index (χ3v) is 4.68. The molecule has 0 aromatic carbocycles. The first-order valence-corrected chi connectivity index (χ1v) is 7.97. The summed E-state index contributed by atoms with van der Waals surface area (Å²) in [5.41, 5.74) is 6.97. The van der Waals surface area contributed by atoms with Crippen LogP contribution in [-0.2, 0) is 6.54 Å². The Labute approximate surface area is 122 Å². The summed E-state index contributed by atoms with van der Waals surface area (Å²) in [6, 6.07) is 2.96. The van der Waals surface area contributed by atoms with Gasteiger partial charge in [-0.1, -0.05) is 5.16 Å². The van der Waals surface area contributed by atoms with Crippen molar-refractivity contribution in [3.8, 4) is 11.4 Å². The van der Waals surface area contributed by atoms with Crippen molar-refractivity contribution in [2.45, 2.75) is 44.3 Å². The predicted octanol–water partition coefficient (Wildman–Crippen LogP) is 2.50. The zero-order chi connectivity index (χ0) is 13.9. The zero-order valence-electron chi connectivity index (χ0n) is 11.7. The van der Waals surface area contributed by atoms with Crippen molar-refractivity contribution in [2.24, 2.45) is 5.73 Å². The van der Waals surface area contributed by atoms with Crippen LogP contribution < -0.4 is 5.73 Å². The Morgan fingerprint density at radius 2 is 2.20 bits per heavy atom. The van der Waals surface area contributed by atoms with Crippen LogP contribution >= 0.6 is 11.3 Å². The Balaban J connectivity index is 1.60. The van der Waals surface area contributed by atoms with Crippen LogP contribution in [0.4, 0.5) is 0 Å². The van der Waals surface area contributed by atoms with Crippen LogP contribution in [0.25, 0.3) is 11.4 Å². The van der Waals surface area contributed by atoms with Gasteiger partial charge in [0.1, 0.15) is 0 Å². The van der Waals surface area contributed by atoms with Gasteiger partial charge < -0.3 is 10.3 Å². The van der Waals surface area contributed by atoms with E-state index < -0.39 is 0 Å². The fraction of sp³-hybridized carbons (Fsp3) is 0.571. The van der Waals surface area contributed by atoms with Gasteiger partial charge in [0.05, 0.1) is 6.54 Å². The van der Waals surface area contributed by atoms with E-state index in [0.29, 0.717) is 30.3 Å². The van der Waals surface area contributed by atoms with E-state index in [1.807, 2.05) is 16.8 Å². The second kappa shape index (κ2) is 6.03. The Kier molecular flexibility index (Phi) is 4.14. The molecule has 6 heteroatoms. The number of aromatic nitrogens is 2. The Bertz CT molecular complexity index is 531. The van der Waals surface area contributed by atoms with E-state index in [2.05, 4.69) is 22.1 Å². The van der Waals surface area contributed by atoms with Gasteiger partial charge in [-0.25, -0.2) is 0 Å². The molecule has 0 radical (unpaired) electrons. The van der Waals surface area contributed by atoms with E-state index >= 15 is 0 Å². The number of nitrogens with two attached hydrogens (primary N) is 1. The first kappa shape index (κ1) is 13.7. The quantitative estimate of drug-likeness (QED) is 0.937. The summed E-state index contributed by atoms with van der Waals surface area (Å²) in [6.07, 6.45) is 4.53. The summed E-state index contributed by atoms with van der Waals surface area (Å²) in [4.78, 5) is 6.77. The van der Waals surface area contributed by atoms with Crippen molar-refractivity contribution in [3.63, 3.8) is 0 Å². The van der Waals surface area contributed by atoms with E-state index in [0.717, 1.165) is 31.2 Å². The molecule has 0 aliphatic heterocycles. The van der Waals surface area contributed by atoms with Crippen molar-refractivity contribution >= 4 is 11.3 Å². The summed E-state index contributed by atoms with van der Waals surface area (Å²) < 4.78 is 5.35. The molecular formula is C14H20N4OS. The number of hydrogen-bond donors (Lipinski definition) is 1. The lowest BCUT2D eigenvalue weighted by atomic mass is 9.91. The minimum atomic E-state index is 0.383. The molecule has 1 fully saturated rings. The maximum atomic E-state index is 5.95. The first-order valence-electron chi connectivity index (χ1n) is 7.03. The highest BCUT2D eigenvalue weighted by molar-refractivity contribution is 7.08. The third kappa shape index (κ3) is 3.08. The lowest BCUT2D eigenvalue weighted by Crippen LogP contribution is -2.38. The van der Waals surface area contributed by atoms with Gasteiger partial charge in [0.2, 0.25) is 11.7 Å². The van der Waals surface area contributed by atoms with E-state index in [9.17, 15) is 0 Å². The summed E-state index contributed by atoms with van der Waals surface area (Å²) >= 11 is 1.64. The molecule has 1 aliphatic rings. The normalized spacial score (nSPS) is 23.4. The molecular weight excluding hydrogens is 272 g/mol. The molecule has 3 rings (SSSR count). The van der Waals surface area contributed by atoms with Gasteiger partial charge in [-0.2, -0.15) is 16.3 Å². The van der Waals surface area contributed by atoms with Gasteiger partial charge in [0, 0.05) is 23.0 Å². The van der Waals surface area contributed by atoms with Crippen molar-refractivity contribution in [3.05, 3.63) is 22.7 Å². The summed E-state index contributed by atoms with van der Waals surface area (Å²) in [7, 11) is 2.12. The molecule has 0 unspecified atom stereocenters. The minimum absolute atomic E-state index is 0.383. The number of hydrogen-bond acceptors (Lipinski definition) is 6. The maximum absolute atomic E-state index is 5.95. The summed E-state index contributed by atoms with van der Waals surface area (Å²) in [6.45, 7) is 0.705. The monoisotopic (exact) mass is 292 g/mol. The lowest BCUT2D eigenvalue weighted by Gasteiger charge is -2.32. The molecule has 0 spiro atoms. The molecule has 108 valence electrons. The standard InChI is InChI=1S/C14H20N4OS/c1-18(12-4-2-11(15)3-5-12)8-13-16-14(17-19-13)10-6-7-20-9-10/h6-7,9,11-12H,2-5,8,15H2,1H3. The molecule has 2 heterocycles. The van der Waals surface area contributed by atoms with Gasteiger partial charge in [0.25, 0.3) is 0 Å². The molecule has 20 heavy (non-hydrogen) atoms. The second-order valence-electron chi connectivity index (χ2n) is 5.51. The van der Waals surface area contributed by atoms with Crippen molar-refractivity contribution < 1.29 is 4.52 Å². The maximum Gasteiger partial charge on any atom is 0.241 e. The average molecular weight is 292 g/mol. The van der Waals surface area contributed by atoms with Gasteiger partial charge in [0.15, 0.2) is 0 Å². The van der Waals surface area contributed by atoms with E-state index in [1.165, 1.54) is 0 Å². The van der Waals surface area contributed by atoms with Crippen LogP contribution in [0.2, 0.25) is 0 Å². The molecule has 2 aromatic heterocycles. The number of rotatable bonds is 4. The molecule has 0 bridgehead atoms. The molecule has 2 N–H and O–H groups in total. The molecule has 1 saturated carbocycles. The van der Waals surface area contributed by atoms with Crippen LogP contribution in [0.1, 0.15) is 31.6 Å². The highest BCUT2D eigenvalue weighted by atomic mass is 32.1. The predicted molar refractivity (Wildman–Crippen MR) is 79.3 cm³/mol. The zero-order valence-corrected chi connectivity index (χ0v) is 12.5. The molecule has 0 atom stereocenters. The molecule has 0 amide bonds. The van der Waals surface area contributed by atoms with Gasteiger partial charge in [-0.3, -0.25) is 4.90 Å². The summed E-state index contributed by atoms with van der Waals surface area (Å²) in [5.74, 6) is 1.36. The third-order valence-electron chi connectivity index (χ3n) is 4.00. The van der Waals surface area contributed by atoms with Crippen LogP contribution in [0.5, 0.6) is 0 Å². The van der Waals surface area contributed by atoms with Crippen molar-refractivity contribution in [1.29, 1.82) is 0 Å². The largest absolute Gasteiger partial charge is 0.338 e. The molecule has 0 saturated heterocycles. The van der Waals surface area contributed by atoms with Crippen molar-refractivity contribution in [2.75, 3.05) is 7.05 Å². The van der Waals surface area contributed by atoms with E-state index in [4.69, 9.17) is 10.3 Å². The topological polar surface area (TPSA) is 68.2 Å². The van der Waals surface area contributed by atoms with E-state index in [1.54, 1.807) is 11.3 Å². The average Bonchev–Trinajstić information content (AvgIpc) is 3.09. The smallest absolute Gasteiger partial charge is 0.241 e. The Morgan fingerprint density at radius 1 is 1.40 bits per heavy atom. The SMILES string of the molecule is CN(Cc1nc(-c2ccsc2)no1)C1CCC(N)CC1. The summed E-state index contributed by atoms with van der Waals surface area (Å²) in [5, 5.41) is 8.09. The first-order chi connectivity index (χ1) is 9.72. The molecule has 1 aliphatic carbocycles. The van der Waals surface area contributed by atoms with Gasteiger partial charge in [-0.05, 0) is 44.2 Å². The van der Waals surface area contributed by atoms with Gasteiger partial charge in [-0.15, -0.1) is 0 Å². The highest BCUT2D eigenvalue weighted by Crippen LogP contribution is 2.23. The fourth-order valence-electron chi connectivity index (χ4n) is 2.71. The lowest BCUT2D eigenvalue weighted by molar-refractivity contribution is 0.158. The Morgan fingerprint density at radius 3 is 2.90 bits per heavy atom. The van der Waals surface area contributed by atoms with Crippen LogP contribution in [-0.4, -0.2) is 34.2 Å². The highest BCUT2D eigenvalue weighted by Gasteiger charge is 2.23. The fourth-order valence-corrected chi connectivity index (χ4v) is 3.35. The van der Waals surface area contributed by atoms with E-state index in [-0.39, 0.29) is 0 Å². The number of nitrogens with zero attached hydrogens (tertiary/aromatic N) is 3. The van der Waals surface area contributed by atoms with Crippen LogP contribution in [0, 0.1) is 0 Å². The minimum Gasteiger partial charge on any atom is -0.338 e. The van der Waals surface area contributed by atoms with Crippen LogP contribution in [0.3, 0.4) is 0 Å². The van der Waals surface area contributed by atoms with Gasteiger partial charge >= 0.3 is 0 Å². The molecule has 5 nitrogen and oxygen atoms in total. The molecule has 2 aromatic rings. The Hall–Kier alpha value is -1.24. The van der Waals surface area contributed by atoms with Crippen molar-refractivity contribution in [1.82, 2.24) is 15.0 Å². The van der Waals surface area contributed by atoms with Crippen LogP contribution in [0.15, 0.2) is 21.3 Å².